The summed E-state index contributed by atoms with van der Waals surface area (Å²) in [7, 11) is 0. The van der Waals surface area contributed by atoms with Gasteiger partial charge in [0, 0.05) is 30.9 Å². The minimum atomic E-state index is 0.169. The van der Waals surface area contributed by atoms with E-state index in [0.717, 1.165) is 32.1 Å². The van der Waals surface area contributed by atoms with Crippen LogP contribution in [0.2, 0.25) is 0 Å². The van der Waals surface area contributed by atoms with Gasteiger partial charge in [0.05, 0.1) is 0 Å². The van der Waals surface area contributed by atoms with E-state index in [1.807, 2.05) is 12.1 Å². The number of hydrogen-bond acceptors (Lipinski definition) is 3. The number of carbonyl (C=O) groups is 1. The zero-order valence-corrected chi connectivity index (χ0v) is 10.6. The highest BCUT2D eigenvalue weighted by molar-refractivity contribution is 5.78. The maximum absolute atomic E-state index is 11.9. The first-order valence-electron chi connectivity index (χ1n) is 6.68. The summed E-state index contributed by atoms with van der Waals surface area (Å²) >= 11 is 0. The minimum Gasteiger partial charge on any atom is -0.356 e. The SMILES string of the molecule is NC1CCC(C(=O)NCCc2ccncc2)CC1. The summed E-state index contributed by atoms with van der Waals surface area (Å²) in [6.07, 6.45) is 8.23. The lowest BCUT2D eigenvalue weighted by atomic mass is 9.86. The Morgan fingerprint density at radius 2 is 1.94 bits per heavy atom. The van der Waals surface area contributed by atoms with E-state index in [9.17, 15) is 4.79 Å². The van der Waals surface area contributed by atoms with Crippen molar-refractivity contribution in [1.82, 2.24) is 10.3 Å². The van der Waals surface area contributed by atoms with Crippen LogP contribution >= 0.6 is 0 Å². The third-order valence-corrected chi connectivity index (χ3v) is 3.60. The Hall–Kier alpha value is -1.42. The van der Waals surface area contributed by atoms with Crippen LogP contribution in [-0.2, 0) is 11.2 Å². The van der Waals surface area contributed by atoms with E-state index in [1.54, 1.807) is 12.4 Å². The molecule has 18 heavy (non-hydrogen) atoms. The van der Waals surface area contributed by atoms with E-state index in [4.69, 9.17) is 5.73 Å². The molecule has 3 N–H and O–H groups in total. The van der Waals surface area contributed by atoms with Crippen molar-refractivity contribution in [3.63, 3.8) is 0 Å². The average molecular weight is 247 g/mol. The molecule has 0 bridgehead atoms. The quantitative estimate of drug-likeness (QED) is 0.841. The first-order valence-corrected chi connectivity index (χ1v) is 6.68. The molecule has 98 valence electrons. The molecule has 4 nitrogen and oxygen atoms in total. The van der Waals surface area contributed by atoms with Crippen molar-refractivity contribution in [2.45, 2.75) is 38.1 Å². The molecule has 1 heterocycles. The summed E-state index contributed by atoms with van der Waals surface area (Å²) in [5, 5.41) is 3.02. The summed E-state index contributed by atoms with van der Waals surface area (Å²) in [5.41, 5.74) is 7.04. The Morgan fingerprint density at radius 3 is 2.61 bits per heavy atom. The van der Waals surface area contributed by atoms with Gasteiger partial charge in [0.2, 0.25) is 5.91 Å². The van der Waals surface area contributed by atoms with Crippen LogP contribution in [-0.4, -0.2) is 23.5 Å². The fourth-order valence-electron chi connectivity index (χ4n) is 2.41. The van der Waals surface area contributed by atoms with Gasteiger partial charge in [0.15, 0.2) is 0 Å². The van der Waals surface area contributed by atoms with Crippen molar-refractivity contribution < 1.29 is 4.79 Å². The Labute approximate surface area is 108 Å². The molecular formula is C14H21N3O. The van der Waals surface area contributed by atoms with Crippen LogP contribution in [0.1, 0.15) is 31.2 Å². The molecule has 1 amide bonds. The third-order valence-electron chi connectivity index (χ3n) is 3.60. The van der Waals surface area contributed by atoms with Crippen LogP contribution in [0.3, 0.4) is 0 Å². The summed E-state index contributed by atoms with van der Waals surface area (Å²) in [6, 6.07) is 4.25. The lowest BCUT2D eigenvalue weighted by molar-refractivity contribution is -0.125. The van der Waals surface area contributed by atoms with E-state index < -0.39 is 0 Å². The van der Waals surface area contributed by atoms with Gasteiger partial charge in [0.1, 0.15) is 0 Å². The Bertz CT molecular complexity index is 372. The summed E-state index contributed by atoms with van der Waals surface area (Å²) in [5.74, 6) is 0.359. The number of carbonyl (C=O) groups excluding carboxylic acids is 1. The predicted octanol–water partition coefficient (Wildman–Crippen LogP) is 1.26. The number of nitrogens with one attached hydrogen (secondary N) is 1. The van der Waals surface area contributed by atoms with Crippen molar-refractivity contribution in [3.8, 4) is 0 Å². The first-order chi connectivity index (χ1) is 8.75. The zero-order chi connectivity index (χ0) is 12.8. The van der Waals surface area contributed by atoms with Crippen molar-refractivity contribution in [2.24, 2.45) is 11.7 Å². The number of aromatic nitrogens is 1. The lowest BCUT2D eigenvalue weighted by Gasteiger charge is -2.25. The summed E-state index contributed by atoms with van der Waals surface area (Å²) < 4.78 is 0. The molecule has 0 unspecified atom stereocenters. The molecule has 0 atom stereocenters. The second-order valence-electron chi connectivity index (χ2n) is 5.01. The second kappa shape index (κ2) is 6.50. The van der Waals surface area contributed by atoms with Gasteiger partial charge >= 0.3 is 0 Å². The highest BCUT2D eigenvalue weighted by Gasteiger charge is 2.23. The molecule has 2 rings (SSSR count). The molecule has 4 heteroatoms. The van der Waals surface area contributed by atoms with Gasteiger partial charge in [0.25, 0.3) is 0 Å². The molecule has 1 aromatic rings. The van der Waals surface area contributed by atoms with Gasteiger partial charge in [-0.1, -0.05) is 0 Å². The summed E-state index contributed by atoms with van der Waals surface area (Å²) in [4.78, 5) is 15.9. The molecule has 0 radical (unpaired) electrons. The molecule has 1 aromatic heterocycles. The minimum absolute atomic E-state index is 0.169. The Kier molecular flexibility index (Phi) is 4.70. The third kappa shape index (κ3) is 3.81. The topological polar surface area (TPSA) is 68.0 Å². The van der Waals surface area contributed by atoms with E-state index in [0.29, 0.717) is 12.6 Å². The lowest BCUT2D eigenvalue weighted by Crippen LogP contribution is -2.37. The molecule has 1 aliphatic rings. The number of hydrogen-bond donors (Lipinski definition) is 2. The van der Waals surface area contributed by atoms with Crippen molar-refractivity contribution >= 4 is 5.91 Å². The molecule has 0 spiro atoms. The Morgan fingerprint density at radius 1 is 1.28 bits per heavy atom. The van der Waals surface area contributed by atoms with Gasteiger partial charge < -0.3 is 11.1 Å². The van der Waals surface area contributed by atoms with Gasteiger partial charge in [-0.15, -0.1) is 0 Å². The molecule has 1 saturated carbocycles. The van der Waals surface area contributed by atoms with Crippen LogP contribution < -0.4 is 11.1 Å². The monoisotopic (exact) mass is 247 g/mol. The number of nitrogens with two attached hydrogens (primary N) is 1. The van der Waals surface area contributed by atoms with E-state index in [-0.39, 0.29) is 11.8 Å². The van der Waals surface area contributed by atoms with E-state index in [1.165, 1.54) is 5.56 Å². The van der Waals surface area contributed by atoms with Crippen molar-refractivity contribution in [3.05, 3.63) is 30.1 Å². The molecule has 1 aliphatic carbocycles. The molecular weight excluding hydrogens is 226 g/mol. The second-order valence-corrected chi connectivity index (χ2v) is 5.01. The normalized spacial score (nSPS) is 23.6. The van der Waals surface area contributed by atoms with Crippen LogP contribution in [0.15, 0.2) is 24.5 Å². The fourth-order valence-corrected chi connectivity index (χ4v) is 2.41. The Balaban J connectivity index is 1.69. The van der Waals surface area contributed by atoms with Crippen LogP contribution in [0.4, 0.5) is 0 Å². The van der Waals surface area contributed by atoms with E-state index in [2.05, 4.69) is 10.3 Å². The number of rotatable bonds is 4. The van der Waals surface area contributed by atoms with Gasteiger partial charge in [-0.2, -0.15) is 0 Å². The molecule has 0 aromatic carbocycles. The average Bonchev–Trinajstić information content (AvgIpc) is 2.40. The predicted molar refractivity (Wildman–Crippen MR) is 70.9 cm³/mol. The fraction of sp³-hybridized carbons (Fsp3) is 0.571. The number of amides is 1. The highest BCUT2D eigenvalue weighted by atomic mass is 16.1. The zero-order valence-electron chi connectivity index (χ0n) is 10.6. The highest BCUT2D eigenvalue weighted by Crippen LogP contribution is 2.23. The van der Waals surface area contributed by atoms with Gasteiger partial charge in [-0.05, 0) is 49.8 Å². The maximum Gasteiger partial charge on any atom is 0.223 e. The van der Waals surface area contributed by atoms with Gasteiger partial charge in [-0.25, -0.2) is 0 Å². The molecule has 0 saturated heterocycles. The maximum atomic E-state index is 11.9. The standard InChI is InChI=1S/C14H21N3O/c15-13-3-1-12(2-4-13)14(18)17-10-7-11-5-8-16-9-6-11/h5-6,8-9,12-13H,1-4,7,10,15H2,(H,17,18). The van der Waals surface area contributed by atoms with Crippen LogP contribution in [0.25, 0.3) is 0 Å². The van der Waals surface area contributed by atoms with Crippen molar-refractivity contribution in [2.75, 3.05) is 6.54 Å². The largest absolute Gasteiger partial charge is 0.356 e. The van der Waals surface area contributed by atoms with Crippen LogP contribution in [0.5, 0.6) is 0 Å². The van der Waals surface area contributed by atoms with Crippen LogP contribution in [0, 0.1) is 5.92 Å². The molecule has 1 fully saturated rings. The van der Waals surface area contributed by atoms with Crippen molar-refractivity contribution in [1.29, 1.82) is 0 Å². The number of nitrogens with zero attached hydrogens (tertiary/aromatic N) is 1. The smallest absolute Gasteiger partial charge is 0.223 e. The van der Waals surface area contributed by atoms with E-state index >= 15 is 0 Å². The molecule has 0 aliphatic heterocycles. The van der Waals surface area contributed by atoms with Gasteiger partial charge in [-0.3, -0.25) is 9.78 Å². The first kappa shape index (κ1) is 13.0. The summed E-state index contributed by atoms with van der Waals surface area (Å²) in [6.45, 7) is 0.700. The number of pyridine rings is 1.